The predicted molar refractivity (Wildman–Crippen MR) is 111 cm³/mol. The van der Waals surface area contributed by atoms with Crippen LogP contribution in [0.15, 0.2) is 65.6 Å². The number of carbonyl (C=O) groups is 1. The molecule has 2 aromatic carbocycles. The summed E-state index contributed by atoms with van der Waals surface area (Å²) in [6.45, 7) is 0.0979. The number of nitrogens with zero attached hydrogens (tertiary/aromatic N) is 3. The fourth-order valence-corrected chi connectivity index (χ4v) is 3.17. The number of amides is 1. The summed E-state index contributed by atoms with van der Waals surface area (Å²) in [6, 6.07) is 13.8. The minimum atomic E-state index is -4.40. The molecule has 0 atom stereocenters. The fraction of sp³-hybridized carbons (Fsp3) is 0.182. The summed E-state index contributed by atoms with van der Waals surface area (Å²) in [5.41, 5.74) is 0.595. The number of rotatable bonds is 6. The highest BCUT2D eigenvalue weighted by Crippen LogP contribution is 2.29. The number of benzene rings is 2. The lowest BCUT2D eigenvalue weighted by Crippen LogP contribution is -2.24. The molecule has 2 aromatic heterocycles. The molecule has 164 valence electrons. The van der Waals surface area contributed by atoms with E-state index in [1.165, 1.54) is 18.3 Å². The Labute approximate surface area is 179 Å². The van der Waals surface area contributed by atoms with Crippen LogP contribution >= 0.6 is 0 Å². The summed E-state index contributed by atoms with van der Waals surface area (Å²) in [6.07, 6.45) is -2.73. The molecule has 0 aliphatic carbocycles. The lowest BCUT2D eigenvalue weighted by atomic mass is 10.1. The van der Waals surface area contributed by atoms with Crippen LogP contribution in [0.3, 0.4) is 0 Å². The number of aryl methyl sites for hydroxylation is 1. The summed E-state index contributed by atoms with van der Waals surface area (Å²) in [5.74, 6) is 0.0223. The van der Waals surface area contributed by atoms with E-state index in [4.69, 9.17) is 0 Å². The molecule has 2 N–H and O–H groups in total. The van der Waals surface area contributed by atoms with E-state index in [1.807, 2.05) is 30.3 Å². The number of H-pyrrole nitrogens is 1. The Morgan fingerprint density at radius 2 is 1.78 bits per heavy atom. The minimum Gasteiger partial charge on any atom is -0.352 e. The zero-order chi connectivity index (χ0) is 22.7. The normalized spacial score (nSPS) is 11.6. The maximum atomic E-state index is 12.6. The van der Waals surface area contributed by atoms with Gasteiger partial charge >= 0.3 is 6.18 Å². The van der Waals surface area contributed by atoms with E-state index in [0.29, 0.717) is 22.4 Å². The van der Waals surface area contributed by atoms with Gasteiger partial charge in [-0.2, -0.15) is 18.3 Å². The summed E-state index contributed by atoms with van der Waals surface area (Å²) < 4.78 is 39.4. The molecular formula is C22H18F3N5O2. The third-order valence-corrected chi connectivity index (χ3v) is 4.85. The minimum absolute atomic E-state index is 0.0502. The van der Waals surface area contributed by atoms with Gasteiger partial charge in [0.1, 0.15) is 11.2 Å². The standard InChI is InChI=1S/C22H18F3N5O2/c23-22(24,25)15-8-6-14(7-9-15)12-26-19(31)11-10-18-28-20-17(21(32)29-18)13-27-30(20)16-4-2-1-3-5-16/h1-9,13H,10-12H2,(H,26,31)(H,28,29,32). The monoisotopic (exact) mass is 441 g/mol. The van der Waals surface area contributed by atoms with Crippen LogP contribution in [0.4, 0.5) is 13.2 Å². The Balaban J connectivity index is 1.40. The Kier molecular flexibility index (Phi) is 5.76. The smallest absolute Gasteiger partial charge is 0.352 e. The third-order valence-electron chi connectivity index (χ3n) is 4.85. The zero-order valence-corrected chi connectivity index (χ0v) is 16.7. The summed E-state index contributed by atoms with van der Waals surface area (Å²) >= 11 is 0. The number of nitrogens with one attached hydrogen (secondary N) is 2. The molecule has 0 fully saturated rings. The van der Waals surface area contributed by atoms with Crippen molar-refractivity contribution in [3.63, 3.8) is 0 Å². The van der Waals surface area contributed by atoms with E-state index in [-0.39, 0.29) is 30.9 Å². The lowest BCUT2D eigenvalue weighted by Gasteiger charge is -2.09. The van der Waals surface area contributed by atoms with Crippen molar-refractivity contribution in [3.05, 3.63) is 88.1 Å². The van der Waals surface area contributed by atoms with Gasteiger partial charge in [0, 0.05) is 19.4 Å². The second-order valence-corrected chi connectivity index (χ2v) is 7.11. The highest BCUT2D eigenvalue weighted by Gasteiger charge is 2.29. The molecule has 0 saturated carbocycles. The molecule has 0 aliphatic rings. The second kappa shape index (κ2) is 8.66. The van der Waals surface area contributed by atoms with Crippen LogP contribution < -0.4 is 10.9 Å². The maximum absolute atomic E-state index is 12.6. The van der Waals surface area contributed by atoms with Crippen molar-refractivity contribution in [1.82, 2.24) is 25.1 Å². The van der Waals surface area contributed by atoms with E-state index >= 15 is 0 Å². The molecule has 0 bridgehead atoms. The number of aromatic nitrogens is 4. The number of halogens is 3. The SMILES string of the molecule is O=C(CCc1nc2c(cnn2-c2ccccc2)c(=O)[nH]1)NCc1ccc(C(F)(F)F)cc1. The quantitative estimate of drug-likeness (QED) is 0.480. The van der Waals surface area contributed by atoms with Gasteiger partial charge in [0.25, 0.3) is 5.56 Å². The summed E-state index contributed by atoms with van der Waals surface area (Å²) in [7, 11) is 0. The molecule has 7 nitrogen and oxygen atoms in total. The van der Waals surface area contributed by atoms with E-state index in [9.17, 15) is 22.8 Å². The number of alkyl halides is 3. The molecule has 32 heavy (non-hydrogen) atoms. The molecule has 2 heterocycles. The first-order valence-electron chi connectivity index (χ1n) is 9.76. The van der Waals surface area contributed by atoms with Crippen LogP contribution in [0, 0.1) is 0 Å². The van der Waals surface area contributed by atoms with Gasteiger partial charge in [-0.3, -0.25) is 9.59 Å². The summed E-state index contributed by atoms with van der Waals surface area (Å²) in [5, 5.41) is 7.22. The molecule has 1 amide bonds. The molecule has 0 saturated heterocycles. The van der Waals surface area contributed by atoms with Crippen molar-refractivity contribution in [2.75, 3.05) is 0 Å². The molecule has 4 aromatic rings. The number of hydrogen-bond acceptors (Lipinski definition) is 4. The van der Waals surface area contributed by atoms with E-state index in [1.54, 1.807) is 4.68 Å². The highest BCUT2D eigenvalue weighted by atomic mass is 19.4. The van der Waals surface area contributed by atoms with Gasteiger partial charge in [0.15, 0.2) is 5.65 Å². The van der Waals surface area contributed by atoms with Crippen molar-refractivity contribution >= 4 is 16.9 Å². The average Bonchev–Trinajstić information content (AvgIpc) is 3.21. The van der Waals surface area contributed by atoms with Crippen molar-refractivity contribution < 1.29 is 18.0 Å². The zero-order valence-electron chi connectivity index (χ0n) is 16.7. The summed E-state index contributed by atoms with van der Waals surface area (Å²) in [4.78, 5) is 31.7. The number of fused-ring (bicyclic) bond motifs is 1. The fourth-order valence-electron chi connectivity index (χ4n) is 3.17. The van der Waals surface area contributed by atoms with Crippen molar-refractivity contribution in [2.45, 2.75) is 25.6 Å². The van der Waals surface area contributed by atoms with Gasteiger partial charge in [0.2, 0.25) is 5.91 Å². The van der Waals surface area contributed by atoms with Gasteiger partial charge < -0.3 is 10.3 Å². The van der Waals surface area contributed by atoms with Gasteiger partial charge in [-0.15, -0.1) is 0 Å². The second-order valence-electron chi connectivity index (χ2n) is 7.11. The molecule has 10 heteroatoms. The van der Waals surface area contributed by atoms with Crippen LogP contribution in [-0.4, -0.2) is 25.7 Å². The molecule has 0 radical (unpaired) electrons. The number of aromatic amines is 1. The number of carbonyl (C=O) groups excluding carboxylic acids is 1. The predicted octanol–water partition coefficient (Wildman–Crippen LogP) is 3.38. The average molecular weight is 441 g/mol. The molecule has 0 spiro atoms. The first-order chi connectivity index (χ1) is 15.3. The molecule has 0 aliphatic heterocycles. The molecular weight excluding hydrogens is 423 g/mol. The maximum Gasteiger partial charge on any atom is 0.416 e. The van der Waals surface area contributed by atoms with Crippen LogP contribution in [0.5, 0.6) is 0 Å². The van der Waals surface area contributed by atoms with Crippen molar-refractivity contribution in [2.24, 2.45) is 0 Å². The van der Waals surface area contributed by atoms with Crippen LogP contribution in [0.1, 0.15) is 23.4 Å². The first kappa shape index (κ1) is 21.3. The Morgan fingerprint density at radius 3 is 2.47 bits per heavy atom. The topological polar surface area (TPSA) is 92.7 Å². The van der Waals surface area contributed by atoms with E-state index < -0.39 is 11.7 Å². The lowest BCUT2D eigenvalue weighted by molar-refractivity contribution is -0.137. The number of para-hydroxylation sites is 1. The van der Waals surface area contributed by atoms with E-state index in [2.05, 4.69) is 20.4 Å². The van der Waals surface area contributed by atoms with Gasteiger partial charge in [0.05, 0.1) is 17.4 Å². The third kappa shape index (κ3) is 4.69. The van der Waals surface area contributed by atoms with Crippen molar-refractivity contribution in [3.8, 4) is 5.69 Å². The largest absolute Gasteiger partial charge is 0.416 e. The van der Waals surface area contributed by atoms with Gasteiger partial charge in [-0.25, -0.2) is 9.67 Å². The number of hydrogen-bond donors (Lipinski definition) is 2. The van der Waals surface area contributed by atoms with E-state index in [0.717, 1.165) is 17.8 Å². The highest BCUT2D eigenvalue weighted by molar-refractivity contribution is 5.77. The Bertz CT molecular complexity index is 1300. The van der Waals surface area contributed by atoms with Gasteiger partial charge in [-0.05, 0) is 29.8 Å². The molecule has 4 rings (SSSR count). The Morgan fingerprint density at radius 1 is 1.06 bits per heavy atom. The van der Waals surface area contributed by atoms with Crippen LogP contribution in [0.25, 0.3) is 16.7 Å². The van der Waals surface area contributed by atoms with Crippen LogP contribution in [-0.2, 0) is 23.9 Å². The first-order valence-corrected chi connectivity index (χ1v) is 9.76. The molecule has 0 unspecified atom stereocenters. The van der Waals surface area contributed by atoms with Crippen LogP contribution in [0.2, 0.25) is 0 Å². The Hall–Kier alpha value is -3.95. The van der Waals surface area contributed by atoms with Crippen molar-refractivity contribution in [1.29, 1.82) is 0 Å². The van der Waals surface area contributed by atoms with Gasteiger partial charge in [-0.1, -0.05) is 30.3 Å².